The minimum Gasteiger partial charge on any atom is -0.493 e. The lowest BCUT2D eigenvalue weighted by Crippen LogP contribution is -2.47. The molecular formula is C20H24N2O6S. The number of anilines is 1. The molecule has 29 heavy (non-hydrogen) atoms. The van der Waals surface area contributed by atoms with Gasteiger partial charge in [0, 0.05) is 19.2 Å². The fourth-order valence-corrected chi connectivity index (χ4v) is 4.48. The molecule has 1 amide bonds. The van der Waals surface area contributed by atoms with Gasteiger partial charge in [0.25, 0.3) is 10.0 Å². The van der Waals surface area contributed by atoms with E-state index in [1.165, 1.54) is 32.4 Å². The van der Waals surface area contributed by atoms with Crippen molar-refractivity contribution in [2.24, 2.45) is 0 Å². The number of carbonyl (C=O) groups excluding carboxylic acids is 1. The van der Waals surface area contributed by atoms with Crippen molar-refractivity contribution in [3.05, 3.63) is 48.5 Å². The molecule has 1 saturated heterocycles. The molecule has 1 aliphatic rings. The van der Waals surface area contributed by atoms with Crippen LogP contribution < -0.4 is 13.8 Å². The minimum atomic E-state index is -4.03. The zero-order valence-corrected chi connectivity index (χ0v) is 17.2. The number of amides is 1. The van der Waals surface area contributed by atoms with Gasteiger partial charge in [0.1, 0.15) is 6.54 Å². The Hall–Kier alpha value is -2.78. The van der Waals surface area contributed by atoms with Crippen LogP contribution in [0.15, 0.2) is 53.4 Å². The van der Waals surface area contributed by atoms with Crippen molar-refractivity contribution < 1.29 is 27.4 Å². The number of nitrogens with zero attached hydrogens (tertiary/aromatic N) is 2. The molecule has 2 aromatic rings. The monoisotopic (exact) mass is 420 g/mol. The highest BCUT2D eigenvalue weighted by atomic mass is 32.2. The fraction of sp³-hybridized carbons (Fsp3) is 0.350. The molecule has 0 aromatic heterocycles. The van der Waals surface area contributed by atoms with E-state index in [-0.39, 0.29) is 17.3 Å². The van der Waals surface area contributed by atoms with Crippen LogP contribution in [-0.2, 0) is 19.6 Å². The maximum Gasteiger partial charge on any atom is 0.264 e. The molecule has 0 N–H and O–H groups in total. The van der Waals surface area contributed by atoms with Gasteiger partial charge in [0.05, 0.1) is 38.0 Å². The van der Waals surface area contributed by atoms with Crippen LogP contribution in [0.5, 0.6) is 11.5 Å². The minimum absolute atomic E-state index is 0.00813. The van der Waals surface area contributed by atoms with Gasteiger partial charge in [-0.1, -0.05) is 18.2 Å². The van der Waals surface area contributed by atoms with E-state index in [9.17, 15) is 13.2 Å². The predicted octanol–water partition coefficient (Wildman–Crippen LogP) is 1.76. The van der Waals surface area contributed by atoms with E-state index in [0.717, 1.165) is 4.31 Å². The zero-order chi connectivity index (χ0) is 20.9. The van der Waals surface area contributed by atoms with Gasteiger partial charge in [0.15, 0.2) is 11.5 Å². The topological polar surface area (TPSA) is 85.4 Å². The Morgan fingerprint density at radius 3 is 2.31 bits per heavy atom. The Balaban J connectivity index is 1.97. The van der Waals surface area contributed by atoms with Crippen molar-refractivity contribution in [2.75, 3.05) is 51.4 Å². The van der Waals surface area contributed by atoms with Crippen LogP contribution in [0.25, 0.3) is 0 Å². The lowest BCUT2D eigenvalue weighted by atomic mass is 10.3. The third-order valence-corrected chi connectivity index (χ3v) is 6.40. The molecular weight excluding hydrogens is 396 g/mol. The average Bonchev–Trinajstić information content (AvgIpc) is 2.77. The van der Waals surface area contributed by atoms with Gasteiger partial charge in [-0.3, -0.25) is 9.10 Å². The van der Waals surface area contributed by atoms with Crippen molar-refractivity contribution >= 4 is 21.6 Å². The van der Waals surface area contributed by atoms with Gasteiger partial charge in [-0.05, 0) is 24.3 Å². The van der Waals surface area contributed by atoms with Gasteiger partial charge in [-0.2, -0.15) is 0 Å². The van der Waals surface area contributed by atoms with Crippen LogP contribution in [-0.4, -0.2) is 66.3 Å². The van der Waals surface area contributed by atoms with E-state index in [2.05, 4.69) is 0 Å². The normalized spacial score (nSPS) is 14.3. The molecule has 0 unspecified atom stereocenters. The van der Waals surface area contributed by atoms with E-state index >= 15 is 0 Å². The first kappa shape index (κ1) is 20.9. The summed E-state index contributed by atoms with van der Waals surface area (Å²) in [6.45, 7) is 1.47. The van der Waals surface area contributed by atoms with Crippen LogP contribution in [0, 0.1) is 0 Å². The summed E-state index contributed by atoms with van der Waals surface area (Å²) in [6.07, 6.45) is 0. The Morgan fingerprint density at radius 1 is 1.03 bits per heavy atom. The number of benzene rings is 2. The first-order chi connectivity index (χ1) is 14.0. The van der Waals surface area contributed by atoms with Crippen molar-refractivity contribution in [1.82, 2.24) is 4.90 Å². The lowest BCUT2D eigenvalue weighted by molar-refractivity contribution is -0.133. The first-order valence-corrected chi connectivity index (χ1v) is 10.6. The highest BCUT2D eigenvalue weighted by molar-refractivity contribution is 7.92. The maximum atomic E-state index is 13.5. The maximum absolute atomic E-state index is 13.5. The summed E-state index contributed by atoms with van der Waals surface area (Å²) in [5, 5.41) is 0. The van der Waals surface area contributed by atoms with E-state index in [1.54, 1.807) is 35.2 Å². The lowest BCUT2D eigenvalue weighted by Gasteiger charge is -2.30. The summed E-state index contributed by atoms with van der Waals surface area (Å²) in [5.74, 6) is 0.435. The molecule has 0 radical (unpaired) electrons. The second-order valence-corrected chi connectivity index (χ2v) is 8.22. The van der Waals surface area contributed by atoms with Crippen molar-refractivity contribution in [2.45, 2.75) is 4.90 Å². The largest absolute Gasteiger partial charge is 0.493 e. The van der Waals surface area contributed by atoms with Gasteiger partial charge >= 0.3 is 0 Å². The first-order valence-electron chi connectivity index (χ1n) is 9.12. The second-order valence-electron chi connectivity index (χ2n) is 6.36. The fourth-order valence-electron chi connectivity index (χ4n) is 3.05. The molecule has 9 heteroatoms. The molecule has 8 nitrogen and oxygen atoms in total. The highest BCUT2D eigenvalue weighted by Gasteiger charge is 2.30. The molecule has 0 bridgehead atoms. The third kappa shape index (κ3) is 4.63. The van der Waals surface area contributed by atoms with Crippen LogP contribution >= 0.6 is 0 Å². The molecule has 1 aliphatic heterocycles. The molecule has 1 heterocycles. The summed E-state index contributed by atoms with van der Waals surface area (Å²) >= 11 is 0. The molecule has 0 saturated carbocycles. The Kier molecular flexibility index (Phi) is 6.60. The number of ether oxygens (including phenoxy) is 3. The summed E-state index contributed by atoms with van der Waals surface area (Å²) in [6, 6.07) is 12.9. The van der Waals surface area contributed by atoms with Crippen molar-refractivity contribution in [3.8, 4) is 11.5 Å². The number of hydrogen-bond donors (Lipinski definition) is 0. The quantitative estimate of drug-likeness (QED) is 0.679. The van der Waals surface area contributed by atoms with Gasteiger partial charge in [0.2, 0.25) is 5.91 Å². The van der Waals surface area contributed by atoms with Crippen LogP contribution in [0.4, 0.5) is 5.69 Å². The molecule has 1 fully saturated rings. The predicted molar refractivity (Wildman–Crippen MR) is 108 cm³/mol. The standard InChI is InChI=1S/C20H24N2O6S/c1-26-18-9-8-17(14-19(18)27-2)29(24,25)22(16-6-4-3-5-7-16)15-20(23)21-10-12-28-13-11-21/h3-9,14H,10-13,15H2,1-2H3. The number of methoxy groups -OCH3 is 2. The molecule has 156 valence electrons. The Morgan fingerprint density at radius 2 is 1.69 bits per heavy atom. The van der Waals surface area contributed by atoms with Crippen LogP contribution in [0.1, 0.15) is 0 Å². The van der Waals surface area contributed by atoms with Gasteiger partial charge in [-0.15, -0.1) is 0 Å². The van der Waals surface area contributed by atoms with Crippen molar-refractivity contribution in [3.63, 3.8) is 0 Å². The van der Waals surface area contributed by atoms with Crippen molar-refractivity contribution in [1.29, 1.82) is 0 Å². The number of morpholine rings is 1. The molecule has 0 spiro atoms. The van der Waals surface area contributed by atoms with Crippen LogP contribution in [0.2, 0.25) is 0 Å². The second kappa shape index (κ2) is 9.15. The van der Waals surface area contributed by atoms with Crippen LogP contribution in [0.3, 0.4) is 0 Å². The average molecular weight is 420 g/mol. The van der Waals surface area contributed by atoms with E-state index in [4.69, 9.17) is 14.2 Å². The number of hydrogen-bond acceptors (Lipinski definition) is 6. The van der Waals surface area contributed by atoms with E-state index < -0.39 is 10.0 Å². The molecule has 2 aromatic carbocycles. The number of carbonyl (C=O) groups is 1. The highest BCUT2D eigenvalue weighted by Crippen LogP contribution is 2.32. The van der Waals surface area contributed by atoms with E-state index in [1.807, 2.05) is 0 Å². The van der Waals surface area contributed by atoms with Gasteiger partial charge in [-0.25, -0.2) is 8.42 Å². The smallest absolute Gasteiger partial charge is 0.264 e. The summed E-state index contributed by atoms with van der Waals surface area (Å²) in [5.41, 5.74) is 0.406. The third-order valence-electron chi connectivity index (χ3n) is 4.63. The SMILES string of the molecule is COc1ccc(S(=O)(=O)N(CC(=O)N2CCOCC2)c2ccccc2)cc1OC. The van der Waals surface area contributed by atoms with E-state index in [0.29, 0.717) is 43.5 Å². The summed E-state index contributed by atoms with van der Waals surface area (Å²) in [4.78, 5) is 14.4. The summed E-state index contributed by atoms with van der Waals surface area (Å²) in [7, 11) is -1.12. The summed E-state index contributed by atoms with van der Waals surface area (Å²) < 4.78 is 43.7. The Labute approximate surface area is 170 Å². The molecule has 0 aliphatic carbocycles. The molecule has 0 atom stereocenters. The van der Waals surface area contributed by atoms with Gasteiger partial charge < -0.3 is 19.1 Å². The molecule has 3 rings (SSSR count). The zero-order valence-electron chi connectivity index (χ0n) is 16.4. The number of rotatable bonds is 7. The number of sulfonamides is 1. The Bertz CT molecular complexity index is 943. The number of para-hydroxylation sites is 1.